The van der Waals surface area contributed by atoms with Crippen LogP contribution in [0, 0.1) is 0 Å². The SMILES string of the molecule is CCOC(=O)Cn1c(=NC(=O)c2ccc3c(c2)OCO3)sc2cc(S(C)(=O)=O)ccc21. The largest absolute Gasteiger partial charge is 0.465 e. The third-order valence-corrected chi connectivity index (χ3v) is 6.64. The van der Waals surface area contributed by atoms with E-state index in [2.05, 4.69) is 4.99 Å². The van der Waals surface area contributed by atoms with E-state index < -0.39 is 21.7 Å². The molecule has 0 saturated carbocycles. The Labute approximate surface area is 181 Å². The minimum Gasteiger partial charge on any atom is -0.465 e. The molecular weight excluding hydrogens is 444 g/mol. The molecule has 11 heteroatoms. The second-order valence-electron chi connectivity index (χ2n) is 6.66. The second-order valence-corrected chi connectivity index (χ2v) is 9.69. The van der Waals surface area contributed by atoms with Crippen molar-refractivity contribution < 1.29 is 32.2 Å². The van der Waals surface area contributed by atoms with E-state index in [-0.39, 0.29) is 29.6 Å². The fourth-order valence-corrected chi connectivity index (χ4v) is 4.83. The van der Waals surface area contributed by atoms with Gasteiger partial charge in [0.2, 0.25) is 6.79 Å². The van der Waals surface area contributed by atoms with Gasteiger partial charge in [0, 0.05) is 11.8 Å². The summed E-state index contributed by atoms with van der Waals surface area (Å²) in [5.41, 5.74) is 0.865. The molecule has 9 nitrogen and oxygen atoms in total. The van der Waals surface area contributed by atoms with Gasteiger partial charge < -0.3 is 18.8 Å². The molecule has 0 fully saturated rings. The van der Waals surface area contributed by atoms with E-state index >= 15 is 0 Å². The zero-order chi connectivity index (χ0) is 22.2. The highest BCUT2D eigenvalue weighted by atomic mass is 32.2. The molecule has 1 amide bonds. The number of nitrogens with zero attached hydrogens (tertiary/aromatic N) is 2. The van der Waals surface area contributed by atoms with Gasteiger partial charge >= 0.3 is 5.97 Å². The highest BCUT2D eigenvalue weighted by molar-refractivity contribution is 7.90. The minimum atomic E-state index is -3.42. The zero-order valence-electron chi connectivity index (χ0n) is 16.7. The Balaban J connectivity index is 1.82. The van der Waals surface area contributed by atoms with E-state index in [1.165, 1.54) is 16.7 Å². The molecular formula is C20H18N2O7S2. The van der Waals surface area contributed by atoms with Crippen LogP contribution in [0.2, 0.25) is 0 Å². The van der Waals surface area contributed by atoms with Crippen molar-refractivity contribution in [2.24, 2.45) is 4.99 Å². The first-order valence-electron chi connectivity index (χ1n) is 9.24. The predicted octanol–water partition coefficient (Wildman–Crippen LogP) is 2.14. The summed E-state index contributed by atoms with van der Waals surface area (Å²) in [7, 11) is -3.42. The molecule has 31 heavy (non-hydrogen) atoms. The van der Waals surface area contributed by atoms with Crippen LogP contribution in [0.3, 0.4) is 0 Å². The Hall–Kier alpha value is -3.18. The lowest BCUT2D eigenvalue weighted by molar-refractivity contribution is -0.143. The van der Waals surface area contributed by atoms with Crippen LogP contribution in [0.5, 0.6) is 11.5 Å². The molecule has 3 aromatic rings. The summed E-state index contributed by atoms with van der Waals surface area (Å²) in [6.45, 7) is 1.82. The number of hydrogen-bond acceptors (Lipinski definition) is 8. The molecule has 0 aliphatic carbocycles. The maximum absolute atomic E-state index is 12.8. The van der Waals surface area contributed by atoms with Gasteiger partial charge in [-0.15, -0.1) is 0 Å². The average molecular weight is 463 g/mol. The fraction of sp³-hybridized carbons (Fsp3) is 0.250. The molecule has 0 bridgehead atoms. The number of esters is 1. The maximum atomic E-state index is 12.8. The topological polar surface area (TPSA) is 113 Å². The predicted molar refractivity (Wildman–Crippen MR) is 112 cm³/mol. The second kappa shape index (κ2) is 8.16. The highest BCUT2D eigenvalue weighted by Crippen LogP contribution is 2.32. The Morgan fingerprint density at radius 3 is 2.68 bits per heavy atom. The smallest absolute Gasteiger partial charge is 0.326 e. The molecule has 0 radical (unpaired) electrons. The van der Waals surface area contributed by atoms with Crippen LogP contribution in [-0.2, 0) is 25.9 Å². The van der Waals surface area contributed by atoms with E-state index in [0.717, 1.165) is 17.6 Å². The van der Waals surface area contributed by atoms with Gasteiger partial charge in [-0.05, 0) is 43.3 Å². The molecule has 0 atom stereocenters. The van der Waals surface area contributed by atoms with Crippen molar-refractivity contribution in [3.05, 3.63) is 46.8 Å². The van der Waals surface area contributed by atoms with Crippen LogP contribution in [0.1, 0.15) is 17.3 Å². The number of sulfone groups is 1. The van der Waals surface area contributed by atoms with Gasteiger partial charge in [0.1, 0.15) is 6.54 Å². The van der Waals surface area contributed by atoms with Crippen molar-refractivity contribution >= 4 is 43.3 Å². The number of ether oxygens (including phenoxy) is 3. The number of carbonyl (C=O) groups is 2. The molecule has 162 valence electrons. The third kappa shape index (κ3) is 4.32. The van der Waals surface area contributed by atoms with Crippen LogP contribution < -0.4 is 14.3 Å². The van der Waals surface area contributed by atoms with Crippen molar-refractivity contribution in [1.29, 1.82) is 0 Å². The molecule has 0 saturated heterocycles. The van der Waals surface area contributed by atoms with E-state index in [9.17, 15) is 18.0 Å². The molecule has 1 aromatic heterocycles. The Morgan fingerprint density at radius 2 is 1.94 bits per heavy atom. The minimum absolute atomic E-state index is 0.0860. The van der Waals surface area contributed by atoms with Crippen molar-refractivity contribution in [2.45, 2.75) is 18.4 Å². The first kappa shape index (κ1) is 21.1. The number of carbonyl (C=O) groups excluding carboxylic acids is 2. The number of amides is 1. The summed E-state index contributed by atoms with van der Waals surface area (Å²) in [5, 5.41) is 0. The van der Waals surface area contributed by atoms with Crippen LogP contribution in [0.25, 0.3) is 10.2 Å². The van der Waals surface area contributed by atoms with Crippen LogP contribution in [0.4, 0.5) is 0 Å². The number of benzene rings is 2. The molecule has 0 N–H and O–H groups in total. The summed E-state index contributed by atoms with van der Waals surface area (Å²) in [6.07, 6.45) is 1.11. The van der Waals surface area contributed by atoms with Crippen LogP contribution in [-0.4, -0.2) is 44.5 Å². The lowest BCUT2D eigenvalue weighted by Gasteiger charge is -2.05. The van der Waals surface area contributed by atoms with Crippen molar-refractivity contribution in [1.82, 2.24) is 4.57 Å². The fourth-order valence-electron chi connectivity index (χ4n) is 3.04. The van der Waals surface area contributed by atoms with E-state index in [0.29, 0.717) is 27.3 Å². The summed E-state index contributed by atoms with van der Waals surface area (Å²) >= 11 is 1.11. The van der Waals surface area contributed by atoms with Crippen molar-refractivity contribution in [3.8, 4) is 11.5 Å². The third-order valence-electron chi connectivity index (χ3n) is 4.49. The monoisotopic (exact) mass is 462 g/mol. The average Bonchev–Trinajstić information content (AvgIpc) is 3.31. The number of hydrogen-bond donors (Lipinski definition) is 0. The Morgan fingerprint density at radius 1 is 1.16 bits per heavy atom. The van der Waals surface area contributed by atoms with Crippen molar-refractivity contribution in [3.63, 3.8) is 0 Å². The van der Waals surface area contributed by atoms with E-state index in [1.54, 1.807) is 31.2 Å². The molecule has 1 aliphatic rings. The number of thiazole rings is 1. The molecule has 4 rings (SSSR count). The normalized spacial score (nSPS) is 13.5. The molecule has 2 aromatic carbocycles. The van der Waals surface area contributed by atoms with Gasteiger partial charge in [-0.25, -0.2) is 8.42 Å². The number of aromatic nitrogens is 1. The van der Waals surface area contributed by atoms with Gasteiger partial charge in [0.05, 0.1) is 21.7 Å². The Bertz CT molecular complexity index is 1370. The van der Waals surface area contributed by atoms with E-state index in [4.69, 9.17) is 14.2 Å². The summed E-state index contributed by atoms with van der Waals surface area (Å²) < 4.78 is 41.5. The molecule has 1 aliphatic heterocycles. The summed E-state index contributed by atoms with van der Waals surface area (Å²) in [4.78, 5) is 29.5. The first-order chi connectivity index (χ1) is 14.8. The van der Waals surface area contributed by atoms with Crippen LogP contribution >= 0.6 is 11.3 Å². The maximum Gasteiger partial charge on any atom is 0.326 e. The lowest BCUT2D eigenvalue weighted by atomic mass is 10.2. The zero-order valence-corrected chi connectivity index (χ0v) is 18.3. The summed E-state index contributed by atoms with van der Waals surface area (Å²) in [5.74, 6) is -0.0316. The standard InChI is InChI=1S/C20H18N2O7S2/c1-3-27-18(23)10-22-14-6-5-13(31(2,25)26)9-17(14)30-20(22)21-19(24)12-4-7-15-16(8-12)29-11-28-15/h4-9H,3,10-11H2,1-2H3. The number of rotatable bonds is 5. The lowest BCUT2D eigenvalue weighted by Crippen LogP contribution is -2.23. The molecule has 2 heterocycles. The summed E-state index contributed by atoms with van der Waals surface area (Å²) in [6, 6.07) is 9.28. The van der Waals surface area contributed by atoms with Gasteiger partial charge in [-0.2, -0.15) is 4.99 Å². The number of fused-ring (bicyclic) bond motifs is 2. The molecule has 0 spiro atoms. The molecule has 0 unspecified atom stereocenters. The van der Waals surface area contributed by atoms with E-state index in [1.807, 2.05) is 0 Å². The Kier molecular flexibility index (Phi) is 5.54. The first-order valence-corrected chi connectivity index (χ1v) is 11.9. The quantitative estimate of drug-likeness (QED) is 0.534. The van der Waals surface area contributed by atoms with Crippen molar-refractivity contribution in [2.75, 3.05) is 19.7 Å². The highest BCUT2D eigenvalue weighted by Gasteiger charge is 2.18. The van der Waals surface area contributed by atoms with Gasteiger partial charge in [-0.3, -0.25) is 9.59 Å². The van der Waals surface area contributed by atoms with Gasteiger partial charge in [0.15, 0.2) is 26.1 Å². The van der Waals surface area contributed by atoms with Gasteiger partial charge in [0.25, 0.3) is 5.91 Å². The van der Waals surface area contributed by atoms with Gasteiger partial charge in [-0.1, -0.05) is 11.3 Å². The van der Waals surface area contributed by atoms with Crippen LogP contribution in [0.15, 0.2) is 46.3 Å².